The van der Waals surface area contributed by atoms with Gasteiger partial charge in [-0.1, -0.05) is 0 Å². The van der Waals surface area contributed by atoms with Crippen molar-refractivity contribution in [1.82, 2.24) is 0 Å². The molecule has 0 saturated carbocycles. The number of hydrogen-bond donors (Lipinski definition) is 3. The monoisotopic (exact) mass is 269 g/mol. The number of carboxylic acid groups (broad SMARTS) is 2. The molecule has 0 radical (unpaired) electrons. The van der Waals surface area contributed by atoms with Crippen LogP contribution in [0.4, 0.5) is 19.1 Å². The normalized spacial score (nSPS) is 12.2. The second-order valence-corrected chi connectivity index (χ2v) is 3.10. The molecule has 0 aliphatic heterocycles. The van der Waals surface area contributed by atoms with E-state index in [0.29, 0.717) is 5.56 Å². The van der Waals surface area contributed by atoms with Crippen molar-refractivity contribution in [3.8, 4) is 0 Å². The van der Waals surface area contributed by atoms with Gasteiger partial charge in [0.05, 0.1) is 12.2 Å². The van der Waals surface area contributed by atoms with Crippen LogP contribution < -0.4 is 5.73 Å². The lowest BCUT2D eigenvalue weighted by atomic mass is 10.0. The summed E-state index contributed by atoms with van der Waals surface area (Å²) in [4.78, 5) is 19.3. The molecule has 0 aliphatic carbocycles. The highest BCUT2D eigenvalue weighted by Crippen LogP contribution is 2.22. The van der Waals surface area contributed by atoms with Crippen molar-refractivity contribution in [2.45, 2.75) is 19.0 Å². The van der Waals surface area contributed by atoms with E-state index in [1.54, 1.807) is 13.0 Å². The minimum Gasteiger partial charge on any atom is -0.481 e. The molecule has 0 saturated heterocycles. The molecule has 1 atom stereocenters. The largest absolute Gasteiger partial charge is 0.490 e. The van der Waals surface area contributed by atoms with Crippen molar-refractivity contribution >= 4 is 17.8 Å². The van der Waals surface area contributed by atoms with Gasteiger partial charge in [0, 0.05) is 5.56 Å². The minimum atomic E-state index is -5.08. The zero-order chi connectivity index (χ0) is 14.5. The van der Waals surface area contributed by atoms with Gasteiger partial charge in [-0.3, -0.25) is 4.79 Å². The first-order valence-corrected chi connectivity index (χ1v) is 4.43. The van der Waals surface area contributed by atoms with Crippen LogP contribution in [0.15, 0.2) is 16.7 Å². The number of halogens is 3. The van der Waals surface area contributed by atoms with Gasteiger partial charge >= 0.3 is 18.1 Å². The molecule has 1 heterocycles. The Hall–Kier alpha value is -2.19. The highest BCUT2D eigenvalue weighted by Gasteiger charge is 2.38. The molecule has 1 aromatic heterocycles. The number of hydrogen-bond acceptors (Lipinski definition) is 4. The molecule has 0 aromatic carbocycles. The minimum absolute atomic E-state index is 0.180. The molecule has 0 bridgehead atoms. The van der Waals surface area contributed by atoms with Gasteiger partial charge in [0.1, 0.15) is 0 Å². The molecule has 0 amide bonds. The van der Waals surface area contributed by atoms with E-state index in [4.69, 9.17) is 25.2 Å². The van der Waals surface area contributed by atoms with Crippen LogP contribution in [0.2, 0.25) is 0 Å². The van der Waals surface area contributed by atoms with Gasteiger partial charge in [0.25, 0.3) is 0 Å². The number of furan rings is 1. The topological polar surface area (TPSA) is 114 Å². The molecule has 0 aliphatic rings. The molecule has 4 N–H and O–H groups in total. The van der Waals surface area contributed by atoms with E-state index in [-0.39, 0.29) is 5.88 Å². The SMILES string of the molecule is C[C@H](C(=O)O)c1ccoc1N.O=C(O)C(F)(F)F. The van der Waals surface area contributed by atoms with Gasteiger partial charge in [0.2, 0.25) is 0 Å². The summed E-state index contributed by atoms with van der Waals surface area (Å²) in [5.74, 6) is -4.08. The Morgan fingerprint density at radius 3 is 2.06 bits per heavy atom. The van der Waals surface area contributed by atoms with E-state index in [1.165, 1.54) is 6.26 Å². The van der Waals surface area contributed by atoms with E-state index in [0.717, 1.165) is 0 Å². The fraction of sp³-hybridized carbons (Fsp3) is 0.333. The number of aliphatic carboxylic acids is 2. The molecular weight excluding hydrogens is 259 g/mol. The lowest BCUT2D eigenvalue weighted by Gasteiger charge is -2.02. The highest BCUT2D eigenvalue weighted by atomic mass is 19.4. The number of alkyl halides is 3. The van der Waals surface area contributed by atoms with Crippen molar-refractivity contribution in [3.05, 3.63) is 17.9 Å². The zero-order valence-corrected chi connectivity index (χ0v) is 9.06. The van der Waals surface area contributed by atoms with Crippen LogP contribution in [0.25, 0.3) is 0 Å². The van der Waals surface area contributed by atoms with Crippen LogP contribution in [0.3, 0.4) is 0 Å². The molecule has 18 heavy (non-hydrogen) atoms. The summed E-state index contributed by atoms with van der Waals surface area (Å²) in [7, 11) is 0. The highest BCUT2D eigenvalue weighted by molar-refractivity contribution is 5.77. The molecule has 0 fully saturated rings. The summed E-state index contributed by atoms with van der Waals surface area (Å²) in [6.45, 7) is 1.56. The number of carboxylic acids is 2. The third-order valence-electron chi connectivity index (χ3n) is 1.81. The summed E-state index contributed by atoms with van der Waals surface area (Å²) in [6.07, 6.45) is -3.70. The Kier molecular flexibility index (Phi) is 5.22. The first kappa shape index (κ1) is 15.8. The molecular formula is C9H10F3NO5. The van der Waals surface area contributed by atoms with Crippen LogP contribution in [-0.2, 0) is 9.59 Å². The lowest BCUT2D eigenvalue weighted by Crippen LogP contribution is -2.21. The van der Waals surface area contributed by atoms with Crippen molar-refractivity contribution in [2.24, 2.45) is 0 Å². The van der Waals surface area contributed by atoms with Gasteiger partial charge in [0.15, 0.2) is 5.88 Å². The maximum Gasteiger partial charge on any atom is 0.490 e. The van der Waals surface area contributed by atoms with Gasteiger partial charge in [-0.2, -0.15) is 13.2 Å². The number of nitrogens with two attached hydrogens (primary N) is 1. The quantitative estimate of drug-likeness (QED) is 0.752. The van der Waals surface area contributed by atoms with Crippen LogP contribution in [0, 0.1) is 0 Å². The summed E-state index contributed by atoms with van der Waals surface area (Å²) in [6, 6.07) is 1.56. The van der Waals surface area contributed by atoms with Crippen molar-refractivity contribution < 1.29 is 37.4 Å². The molecule has 9 heteroatoms. The van der Waals surface area contributed by atoms with Crippen molar-refractivity contribution in [1.29, 1.82) is 0 Å². The van der Waals surface area contributed by atoms with Crippen LogP contribution in [-0.4, -0.2) is 28.3 Å². The first-order valence-electron chi connectivity index (χ1n) is 4.43. The van der Waals surface area contributed by atoms with E-state index >= 15 is 0 Å². The summed E-state index contributed by atoms with van der Waals surface area (Å²) in [5, 5.41) is 15.7. The van der Waals surface area contributed by atoms with E-state index in [1.807, 2.05) is 0 Å². The fourth-order valence-electron chi connectivity index (χ4n) is 0.822. The second-order valence-electron chi connectivity index (χ2n) is 3.10. The Bertz CT molecular complexity index is 426. The maximum absolute atomic E-state index is 10.6. The van der Waals surface area contributed by atoms with Crippen LogP contribution in [0.5, 0.6) is 0 Å². The second kappa shape index (κ2) is 5.94. The van der Waals surface area contributed by atoms with E-state index in [2.05, 4.69) is 0 Å². The van der Waals surface area contributed by atoms with E-state index < -0.39 is 24.0 Å². The molecule has 102 valence electrons. The Morgan fingerprint density at radius 1 is 1.39 bits per heavy atom. The van der Waals surface area contributed by atoms with Crippen molar-refractivity contribution in [3.63, 3.8) is 0 Å². The van der Waals surface area contributed by atoms with E-state index in [9.17, 15) is 18.0 Å². The number of nitrogen functional groups attached to an aromatic ring is 1. The Labute approximate surface area is 98.8 Å². The Balaban J connectivity index is 0.000000360. The molecule has 0 unspecified atom stereocenters. The summed E-state index contributed by atoms with van der Waals surface area (Å²) < 4.78 is 36.5. The first-order chi connectivity index (χ1) is 8.07. The average Bonchev–Trinajstić information content (AvgIpc) is 2.62. The third-order valence-corrected chi connectivity index (χ3v) is 1.81. The predicted molar refractivity (Wildman–Crippen MR) is 52.9 cm³/mol. The lowest BCUT2D eigenvalue weighted by molar-refractivity contribution is -0.192. The number of anilines is 1. The molecule has 6 nitrogen and oxygen atoms in total. The molecule has 1 rings (SSSR count). The van der Waals surface area contributed by atoms with Crippen LogP contribution >= 0.6 is 0 Å². The third kappa shape index (κ3) is 4.76. The predicted octanol–water partition coefficient (Wildman–Crippen LogP) is 1.68. The molecule has 0 spiro atoms. The standard InChI is InChI=1S/C7H9NO3.C2HF3O2/c1-4(7(9)10)5-2-3-11-6(5)8;3-2(4,5)1(6)7/h2-4H,8H2,1H3,(H,9,10);(H,6,7)/t4-;/m0./s1. The smallest absolute Gasteiger partial charge is 0.481 e. The summed E-state index contributed by atoms with van der Waals surface area (Å²) in [5.41, 5.74) is 5.87. The van der Waals surface area contributed by atoms with Gasteiger partial charge in [-0.25, -0.2) is 4.79 Å². The average molecular weight is 269 g/mol. The van der Waals surface area contributed by atoms with Crippen molar-refractivity contribution in [2.75, 3.05) is 5.73 Å². The Morgan fingerprint density at radius 2 is 1.83 bits per heavy atom. The summed E-state index contributed by atoms with van der Waals surface area (Å²) >= 11 is 0. The van der Waals surface area contributed by atoms with Crippen LogP contribution in [0.1, 0.15) is 18.4 Å². The van der Waals surface area contributed by atoms with Gasteiger partial charge in [-0.05, 0) is 13.0 Å². The van der Waals surface area contributed by atoms with Gasteiger partial charge < -0.3 is 20.4 Å². The maximum atomic E-state index is 10.6. The van der Waals surface area contributed by atoms with Gasteiger partial charge in [-0.15, -0.1) is 0 Å². The molecule has 1 aromatic rings. The number of carbonyl (C=O) groups is 2. The zero-order valence-electron chi connectivity index (χ0n) is 9.06. The number of rotatable bonds is 2. The fourth-order valence-corrected chi connectivity index (χ4v) is 0.822.